The van der Waals surface area contributed by atoms with Gasteiger partial charge in [-0.25, -0.2) is 4.79 Å². The average molecular weight is 364 g/mol. The summed E-state index contributed by atoms with van der Waals surface area (Å²) in [6.45, 7) is 5.07. The number of aryl methyl sites for hydroxylation is 2. The van der Waals surface area contributed by atoms with Gasteiger partial charge in [-0.2, -0.15) is 5.10 Å². The molecule has 0 radical (unpaired) electrons. The predicted molar refractivity (Wildman–Crippen MR) is 106 cm³/mol. The van der Waals surface area contributed by atoms with Crippen molar-refractivity contribution in [2.24, 2.45) is 0 Å². The molecule has 2 amide bonds. The molecule has 1 aromatic heterocycles. The number of para-hydroxylation sites is 1. The maximum atomic E-state index is 12.6. The van der Waals surface area contributed by atoms with E-state index in [1.165, 1.54) is 0 Å². The molecule has 3 N–H and O–H groups in total. The standard InChI is InChI=1S/C21H24N4O2/c1-14-11-15(2)13-16(12-14)21(27)7-9-25(10-8-21)20(26)22-19-17-5-3-4-6-18(17)23-24-19/h3-6,11-13,27H,7-10H2,1-2H3,(H2,22,23,24,26). The van der Waals surface area contributed by atoms with Gasteiger partial charge in [0, 0.05) is 18.5 Å². The van der Waals surface area contributed by atoms with Crippen LogP contribution in [0.1, 0.15) is 29.5 Å². The summed E-state index contributed by atoms with van der Waals surface area (Å²) in [5.41, 5.74) is 3.23. The number of carbonyl (C=O) groups is 1. The molecule has 1 aliphatic heterocycles. The van der Waals surface area contributed by atoms with Crippen molar-refractivity contribution in [2.45, 2.75) is 32.3 Å². The summed E-state index contributed by atoms with van der Waals surface area (Å²) in [7, 11) is 0. The number of piperidine rings is 1. The quantitative estimate of drug-likeness (QED) is 0.649. The third-order valence-electron chi connectivity index (χ3n) is 5.33. The van der Waals surface area contributed by atoms with Gasteiger partial charge in [0.15, 0.2) is 5.82 Å². The van der Waals surface area contributed by atoms with E-state index in [1.807, 2.05) is 50.2 Å². The molecule has 4 rings (SSSR count). The van der Waals surface area contributed by atoms with Gasteiger partial charge < -0.3 is 10.0 Å². The minimum absolute atomic E-state index is 0.185. The number of anilines is 1. The summed E-state index contributed by atoms with van der Waals surface area (Å²) in [6, 6.07) is 13.7. The second kappa shape index (κ2) is 6.70. The number of rotatable bonds is 2. The number of hydrogen-bond acceptors (Lipinski definition) is 3. The SMILES string of the molecule is Cc1cc(C)cc(C2(O)CCN(C(=O)Nc3n[nH]c4ccccc34)CC2)c1. The number of urea groups is 1. The highest BCUT2D eigenvalue weighted by atomic mass is 16.3. The number of nitrogens with zero attached hydrogens (tertiary/aromatic N) is 2. The van der Waals surface area contributed by atoms with Gasteiger partial charge in [0.05, 0.1) is 11.1 Å². The van der Waals surface area contributed by atoms with Crippen LogP contribution in [0.4, 0.5) is 10.6 Å². The Morgan fingerprint density at radius 1 is 1.15 bits per heavy atom. The van der Waals surface area contributed by atoms with Gasteiger partial charge in [0.25, 0.3) is 0 Å². The van der Waals surface area contributed by atoms with Crippen LogP contribution in [0.2, 0.25) is 0 Å². The number of fused-ring (bicyclic) bond motifs is 1. The summed E-state index contributed by atoms with van der Waals surface area (Å²) >= 11 is 0. The van der Waals surface area contributed by atoms with E-state index in [1.54, 1.807) is 4.90 Å². The number of nitrogens with one attached hydrogen (secondary N) is 2. The molecule has 0 saturated carbocycles. The Labute approximate surface area is 158 Å². The van der Waals surface area contributed by atoms with Gasteiger partial charge in [-0.3, -0.25) is 10.4 Å². The maximum Gasteiger partial charge on any atom is 0.323 e. The molecule has 140 valence electrons. The Kier molecular flexibility index (Phi) is 4.36. The molecule has 0 spiro atoms. The predicted octanol–water partition coefficient (Wildman–Crippen LogP) is 3.70. The van der Waals surface area contributed by atoms with Gasteiger partial charge in [0.1, 0.15) is 0 Å². The zero-order valence-corrected chi connectivity index (χ0v) is 15.6. The highest BCUT2D eigenvalue weighted by Gasteiger charge is 2.35. The van der Waals surface area contributed by atoms with Crippen molar-refractivity contribution >= 4 is 22.8 Å². The van der Waals surface area contributed by atoms with Crippen LogP contribution >= 0.6 is 0 Å². The highest BCUT2D eigenvalue weighted by molar-refractivity contribution is 5.98. The van der Waals surface area contributed by atoms with Crippen LogP contribution in [0.15, 0.2) is 42.5 Å². The van der Waals surface area contributed by atoms with Gasteiger partial charge in [0.2, 0.25) is 0 Å². The second-order valence-electron chi connectivity index (χ2n) is 7.44. The Balaban J connectivity index is 1.44. The Morgan fingerprint density at radius 3 is 2.52 bits per heavy atom. The van der Waals surface area contributed by atoms with Crippen LogP contribution in [-0.2, 0) is 5.60 Å². The first-order valence-electron chi connectivity index (χ1n) is 9.25. The largest absolute Gasteiger partial charge is 0.385 e. The molecule has 0 aliphatic carbocycles. The van der Waals surface area contributed by atoms with Crippen LogP contribution < -0.4 is 5.32 Å². The Morgan fingerprint density at radius 2 is 1.81 bits per heavy atom. The zero-order valence-electron chi connectivity index (χ0n) is 15.6. The van der Waals surface area contributed by atoms with Gasteiger partial charge in [-0.1, -0.05) is 41.5 Å². The summed E-state index contributed by atoms with van der Waals surface area (Å²) < 4.78 is 0. The Hall–Kier alpha value is -2.86. The van der Waals surface area contributed by atoms with Crippen molar-refractivity contribution in [3.05, 3.63) is 59.2 Å². The van der Waals surface area contributed by atoms with Gasteiger partial charge in [-0.15, -0.1) is 0 Å². The van der Waals surface area contributed by atoms with E-state index in [-0.39, 0.29) is 6.03 Å². The first-order valence-corrected chi connectivity index (χ1v) is 9.25. The molecule has 27 heavy (non-hydrogen) atoms. The second-order valence-corrected chi connectivity index (χ2v) is 7.44. The molecule has 1 saturated heterocycles. The van der Waals surface area contributed by atoms with Gasteiger partial charge >= 0.3 is 6.03 Å². The zero-order chi connectivity index (χ0) is 19.0. The number of aliphatic hydroxyl groups is 1. The lowest BCUT2D eigenvalue weighted by atomic mass is 9.83. The van der Waals surface area contributed by atoms with Crippen molar-refractivity contribution in [1.29, 1.82) is 0 Å². The molecule has 0 atom stereocenters. The molecule has 1 fully saturated rings. The van der Waals surface area contributed by atoms with Crippen molar-refractivity contribution < 1.29 is 9.90 Å². The summed E-state index contributed by atoms with van der Waals surface area (Å²) in [5.74, 6) is 0.533. The van der Waals surface area contributed by atoms with E-state index in [2.05, 4.69) is 21.6 Å². The monoisotopic (exact) mass is 364 g/mol. The van der Waals surface area contributed by atoms with E-state index in [9.17, 15) is 9.90 Å². The molecular formula is C21H24N4O2. The number of H-pyrrole nitrogens is 1. The van der Waals surface area contributed by atoms with E-state index in [4.69, 9.17) is 0 Å². The van der Waals surface area contributed by atoms with Crippen molar-refractivity contribution in [3.8, 4) is 0 Å². The topological polar surface area (TPSA) is 81.2 Å². The van der Waals surface area contributed by atoms with E-state index in [0.29, 0.717) is 31.7 Å². The molecule has 1 aliphatic rings. The number of aromatic amines is 1. The van der Waals surface area contributed by atoms with E-state index in [0.717, 1.165) is 27.6 Å². The molecular weight excluding hydrogens is 340 g/mol. The lowest BCUT2D eigenvalue weighted by Gasteiger charge is -2.38. The summed E-state index contributed by atoms with van der Waals surface area (Å²) in [5, 5.41) is 22.0. The van der Waals surface area contributed by atoms with Crippen LogP contribution in [-0.4, -0.2) is 39.3 Å². The first-order chi connectivity index (χ1) is 12.9. The number of carbonyl (C=O) groups excluding carboxylic acids is 1. The van der Waals surface area contributed by atoms with E-state index >= 15 is 0 Å². The molecule has 2 aromatic carbocycles. The van der Waals surface area contributed by atoms with Crippen LogP contribution in [0, 0.1) is 13.8 Å². The number of amides is 2. The lowest BCUT2D eigenvalue weighted by molar-refractivity contribution is -0.0157. The average Bonchev–Trinajstić information content (AvgIpc) is 3.04. The minimum atomic E-state index is -0.882. The van der Waals surface area contributed by atoms with Crippen LogP contribution in [0.3, 0.4) is 0 Å². The summed E-state index contributed by atoms with van der Waals surface area (Å²) in [4.78, 5) is 14.4. The fourth-order valence-corrected chi connectivity index (χ4v) is 3.85. The lowest BCUT2D eigenvalue weighted by Crippen LogP contribution is -2.46. The minimum Gasteiger partial charge on any atom is -0.385 e. The molecule has 3 aromatic rings. The molecule has 0 unspecified atom stereocenters. The highest BCUT2D eigenvalue weighted by Crippen LogP contribution is 2.34. The molecule has 6 nitrogen and oxygen atoms in total. The normalized spacial score (nSPS) is 16.5. The van der Waals surface area contributed by atoms with Crippen molar-refractivity contribution in [2.75, 3.05) is 18.4 Å². The number of aromatic nitrogens is 2. The number of likely N-dealkylation sites (tertiary alicyclic amines) is 1. The maximum absolute atomic E-state index is 12.6. The molecule has 2 heterocycles. The number of benzene rings is 2. The Bertz CT molecular complexity index is 967. The van der Waals surface area contributed by atoms with Crippen LogP contribution in [0.25, 0.3) is 10.9 Å². The number of hydrogen-bond donors (Lipinski definition) is 3. The fraction of sp³-hybridized carbons (Fsp3) is 0.333. The molecule has 6 heteroatoms. The molecule has 0 bridgehead atoms. The third kappa shape index (κ3) is 3.40. The smallest absolute Gasteiger partial charge is 0.323 e. The fourth-order valence-electron chi connectivity index (χ4n) is 3.85. The van der Waals surface area contributed by atoms with Crippen LogP contribution in [0.5, 0.6) is 0 Å². The van der Waals surface area contributed by atoms with Crippen molar-refractivity contribution in [1.82, 2.24) is 15.1 Å². The van der Waals surface area contributed by atoms with Gasteiger partial charge in [-0.05, 0) is 44.4 Å². The van der Waals surface area contributed by atoms with E-state index < -0.39 is 5.60 Å². The first kappa shape index (κ1) is 17.5. The third-order valence-corrected chi connectivity index (χ3v) is 5.33. The van der Waals surface area contributed by atoms with Crippen molar-refractivity contribution in [3.63, 3.8) is 0 Å². The summed E-state index contributed by atoms with van der Waals surface area (Å²) in [6.07, 6.45) is 1.04.